The highest BCUT2D eigenvalue weighted by molar-refractivity contribution is 7.89. The lowest BCUT2D eigenvalue weighted by molar-refractivity contribution is 0.0768. The van der Waals surface area contributed by atoms with Crippen LogP contribution < -0.4 is 5.73 Å². The Hall–Kier alpha value is -1.18. The van der Waals surface area contributed by atoms with Gasteiger partial charge in [-0.05, 0) is 50.3 Å². The highest BCUT2D eigenvalue weighted by Crippen LogP contribution is 2.40. The van der Waals surface area contributed by atoms with Crippen molar-refractivity contribution in [3.63, 3.8) is 0 Å². The molecule has 116 valence electrons. The summed E-state index contributed by atoms with van der Waals surface area (Å²) in [6, 6.07) is 2.17. The molecular formula is C14H19FN2O3S. The van der Waals surface area contributed by atoms with E-state index < -0.39 is 21.9 Å². The predicted molar refractivity (Wildman–Crippen MR) is 76.6 cm³/mol. The minimum atomic E-state index is -3.71. The molecule has 0 aromatic heterocycles. The molecular weight excluding hydrogens is 295 g/mol. The van der Waals surface area contributed by atoms with Gasteiger partial charge < -0.3 is 10.8 Å². The number of anilines is 1. The van der Waals surface area contributed by atoms with Gasteiger partial charge in [-0.1, -0.05) is 0 Å². The first-order valence-corrected chi connectivity index (χ1v) is 8.52. The number of nitrogens with zero attached hydrogens (tertiary/aromatic N) is 1. The van der Waals surface area contributed by atoms with Crippen molar-refractivity contribution in [3.05, 3.63) is 23.5 Å². The molecule has 0 saturated carbocycles. The Morgan fingerprint density at radius 2 is 1.86 bits per heavy atom. The van der Waals surface area contributed by atoms with Crippen molar-refractivity contribution in [3.8, 4) is 0 Å². The second-order valence-electron chi connectivity index (χ2n) is 5.99. The number of aliphatic hydroxyl groups is 1. The van der Waals surface area contributed by atoms with Crippen LogP contribution in [0.3, 0.4) is 0 Å². The van der Waals surface area contributed by atoms with Crippen LogP contribution in [0.5, 0.6) is 0 Å². The zero-order valence-electron chi connectivity index (χ0n) is 11.8. The van der Waals surface area contributed by atoms with Crippen molar-refractivity contribution >= 4 is 15.7 Å². The van der Waals surface area contributed by atoms with Gasteiger partial charge in [-0.25, -0.2) is 12.8 Å². The number of nitrogen functional groups attached to an aromatic ring is 1. The number of aryl methyl sites for hydroxylation is 1. The summed E-state index contributed by atoms with van der Waals surface area (Å²) in [6.07, 6.45) is 2.01. The molecule has 0 aliphatic carbocycles. The first kappa shape index (κ1) is 14.7. The fraction of sp³-hybridized carbons (Fsp3) is 0.571. The van der Waals surface area contributed by atoms with Crippen molar-refractivity contribution in [2.24, 2.45) is 0 Å². The molecule has 3 N–H and O–H groups in total. The highest BCUT2D eigenvalue weighted by Gasteiger charge is 2.46. The van der Waals surface area contributed by atoms with E-state index in [4.69, 9.17) is 5.73 Å². The molecule has 2 atom stereocenters. The van der Waals surface area contributed by atoms with E-state index in [-0.39, 0.29) is 28.2 Å². The van der Waals surface area contributed by atoms with E-state index in [1.807, 2.05) is 0 Å². The van der Waals surface area contributed by atoms with Gasteiger partial charge in [-0.15, -0.1) is 0 Å². The molecule has 2 aliphatic rings. The summed E-state index contributed by atoms with van der Waals surface area (Å²) in [5.74, 6) is -0.578. The molecule has 0 radical (unpaired) electrons. The number of hydrogen-bond acceptors (Lipinski definition) is 4. The van der Waals surface area contributed by atoms with Crippen molar-refractivity contribution in [2.75, 3.05) is 5.73 Å². The lowest BCUT2D eigenvalue weighted by Gasteiger charge is -2.36. The third kappa shape index (κ3) is 2.33. The smallest absolute Gasteiger partial charge is 0.243 e. The fourth-order valence-corrected chi connectivity index (χ4v) is 5.54. The molecule has 2 bridgehead atoms. The Morgan fingerprint density at radius 3 is 2.38 bits per heavy atom. The maximum Gasteiger partial charge on any atom is 0.243 e. The number of rotatable bonds is 2. The Kier molecular flexibility index (Phi) is 3.46. The summed E-state index contributed by atoms with van der Waals surface area (Å²) >= 11 is 0. The van der Waals surface area contributed by atoms with Gasteiger partial charge in [-0.2, -0.15) is 4.31 Å². The molecule has 0 spiro atoms. The van der Waals surface area contributed by atoms with Gasteiger partial charge in [0.2, 0.25) is 10.0 Å². The van der Waals surface area contributed by atoms with Crippen LogP contribution in [0.1, 0.15) is 31.2 Å². The van der Waals surface area contributed by atoms with Crippen LogP contribution in [-0.2, 0) is 10.0 Å². The van der Waals surface area contributed by atoms with Gasteiger partial charge in [0.25, 0.3) is 0 Å². The monoisotopic (exact) mass is 314 g/mol. The first-order chi connectivity index (χ1) is 9.80. The lowest BCUT2D eigenvalue weighted by Crippen LogP contribution is -2.47. The summed E-state index contributed by atoms with van der Waals surface area (Å²) < 4.78 is 40.8. The van der Waals surface area contributed by atoms with E-state index in [0.717, 1.165) is 12.8 Å². The standard InChI is InChI=1S/C14H19FN2O3S/c1-8-4-12(7-13(16)14(8)15)21(19,20)17-9-2-3-10(17)6-11(18)5-9/h4,7,9-11,18H,2-3,5-6,16H2,1H3. The van der Waals surface area contributed by atoms with Crippen LogP contribution in [0.15, 0.2) is 17.0 Å². The fourth-order valence-electron chi connectivity index (χ4n) is 3.53. The van der Waals surface area contributed by atoms with E-state index in [0.29, 0.717) is 12.8 Å². The van der Waals surface area contributed by atoms with Gasteiger partial charge in [0, 0.05) is 12.1 Å². The Bertz CT molecular complexity index is 640. The average molecular weight is 314 g/mol. The SMILES string of the molecule is Cc1cc(S(=O)(=O)N2C3CCC2CC(O)C3)cc(N)c1F. The molecule has 2 heterocycles. The molecule has 7 heteroatoms. The van der Waals surface area contributed by atoms with Crippen LogP contribution in [0.2, 0.25) is 0 Å². The minimum absolute atomic E-state index is 0.0344. The second-order valence-corrected chi connectivity index (χ2v) is 7.83. The molecule has 1 aromatic carbocycles. The van der Waals surface area contributed by atoms with E-state index in [1.54, 1.807) is 0 Å². The first-order valence-electron chi connectivity index (χ1n) is 7.08. The summed E-state index contributed by atoms with van der Waals surface area (Å²) in [5.41, 5.74) is 5.62. The minimum Gasteiger partial charge on any atom is -0.396 e. The number of piperidine rings is 1. The summed E-state index contributed by atoms with van der Waals surface area (Å²) in [6.45, 7) is 1.50. The topological polar surface area (TPSA) is 83.6 Å². The van der Waals surface area contributed by atoms with Crippen LogP contribution in [0.25, 0.3) is 0 Å². The van der Waals surface area contributed by atoms with Crippen LogP contribution in [0.4, 0.5) is 10.1 Å². The Balaban J connectivity index is 2.02. The van der Waals surface area contributed by atoms with E-state index >= 15 is 0 Å². The number of aliphatic hydroxyl groups excluding tert-OH is 1. The molecule has 2 aliphatic heterocycles. The number of halogens is 1. The maximum absolute atomic E-state index is 13.6. The van der Waals surface area contributed by atoms with Crippen LogP contribution in [-0.4, -0.2) is 36.0 Å². The highest BCUT2D eigenvalue weighted by atomic mass is 32.2. The third-order valence-electron chi connectivity index (χ3n) is 4.47. The van der Waals surface area contributed by atoms with Gasteiger partial charge in [0.15, 0.2) is 0 Å². The number of benzene rings is 1. The molecule has 2 fully saturated rings. The molecule has 2 saturated heterocycles. The van der Waals surface area contributed by atoms with Crippen LogP contribution in [0, 0.1) is 12.7 Å². The summed E-state index contributed by atoms with van der Waals surface area (Å²) in [4.78, 5) is 0.0344. The second kappa shape index (κ2) is 4.93. The van der Waals surface area contributed by atoms with Crippen molar-refractivity contribution < 1.29 is 17.9 Å². The summed E-state index contributed by atoms with van der Waals surface area (Å²) in [7, 11) is -3.71. The molecule has 2 unspecified atom stereocenters. The Labute approximate surface area is 123 Å². The number of fused-ring (bicyclic) bond motifs is 2. The van der Waals surface area contributed by atoms with Gasteiger partial charge in [0.1, 0.15) is 5.82 Å². The average Bonchev–Trinajstić information content (AvgIpc) is 2.69. The van der Waals surface area contributed by atoms with Crippen molar-refractivity contribution in [2.45, 2.75) is 55.7 Å². The van der Waals surface area contributed by atoms with E-state index in [1.165, 1.54) is 23.4 Å². The maximum atomic E-state index is 13.6. The number of hydrogen-bond donors (Lipinski definition) is 2. The van der Waals surface area contributed by atoms with Gasteiger partial charge in [0.05, 0.1) is 16.7 Å². The zero-order valence-corrected chi connectivity index (χ0v) is 12.6. The molecule has 1 aromatic rings. The molecule has 21 heavy (non-hydrogen) atoms. The number of sulfonamides is 1. The number of nitrogens with two attached hydrogens (primary N) is 1. The summed E-state index contributed by atoms with van der Waals surface area (Å²) in [5, 5.41) is 9.78. The molecule has 5 nitrogen and oxygen atoms in total. The van der Waals surface area contributed by atoms with Gasteiger partial charge >= 0.3 is 0 Å². The van der Waals surface area contributed by atoms with E-state index in [9.17, 15) is 17.9 Å². The van der Waals surface area contributed by atoms with Crippen LogP contribution >= 0.6 is 0 Å². The largest absolute Gasteiger partial charge is 0.396 e. The zero-order chi connectivity index (χ0) is 15.4. The molecule has 0 amide bonds. The third-order valence-corrected chi connectivity index (χ3v) is 6.46. The predicted octanol–water partition coefficient (Wildman–Crippen LogP) is 1.39. The Morgan fingerprint density at radius 1 is 1.29 bits per heavy atom. The normalized spacial score (nSPS) is 29.8. The van der Waals surface area contributed by atoms with E-state index in [2.05, 4.69) is 0 Å². The lowest BCUT2D eigenvalue weighted by atomic mass is 10.0. The quantitative estimate of drug-likeness (QED) is 0.808. The van der Waals surface area contributed by atoms with Gasteiger partial charge in [-0.3, -0.25) is 0 Å². The van der Waals surface area contributed by atoms with Crippen molar-refractivity contribution in [1.82, 2.24) is 4.31 Å². The van der Waals surface area contributed by atoms with Crippen molar-refractivity contribution in [1.29, 1.82) is 0 Å². The molecule has 3 rings (SSSR count).